The number of hydrogen-bond acceptors (Lipinski definition) is 4. The smallest absolute Gasteiger partial charge is 0.242 e. The van der Waals surface area contributed by atoms with E-state index in [9.17, 15) is 8.42 Å². The maximum atomic E-state index is 12.1. The summed E-state index contributed by atoms with van der Waals surface area (Å²) in [5.74, 6) is 1.01. The Morgan fingerprint density at radius 3 is 2.30 bits per heavy atom. The van der Waals surface area contributed by atoms with Crippen LogP contribution >= 0.6 is 0 Å². The normalized spacial score (nSPS) is 13.3. The Morgan fingerprint density at radius 2 is 1.70 bits per heavy atom. The summed E-state index contributed by atoms with van der Waals surface area (Å²) >= 11 is 0. The van der Waals surface area contributed by atoms with E-state index in [1.807, 2.05) is 18.2 Å². The monoisotopic (exact) mass is 432 g/mol. The Balaban J connectivity index is 1.74. The van der Waals surface area contributed by atoms with E-state index in [4.69, 9.17) is 4.74 Å². The molecule has 0 saturated carbocycles. The average molecular weight is 433 g/mol. The van der Waals surface area contributed by atoms with E-state index in [2.05, 4.69) is 34.7 Å². The van der Waals surface area contributed by atoms with Crippen LogP contribution in [0.15, 0.2) is 64.5 Å². The van der Waals surface area contributed by atoms with Crippen LogP contribution in [0.3, 0.4) is 0 Å². The third-order valence-electron chi connectivity index (χ3n) is 4.52. The Kier molecular flexibility index (Phi) is 9.29. The largest absolute Gasteiger partial charge is 0.376 e. The number of ether oxygens (including phenoxy) is 1. The summed E-state index contributed by atoms with van der Waals surface area (Å²) < 4.78 is 31.2. The van der Waals surface area contributed by atoms with Crippen molar-refractivity contribution < 1.29 is 13.2 Å². The highest BCUT2D eigenvalue weighted by Gasteiger charge is 2.16. The molecule has 30 heavy (non-hydrogen) atoms. The molecule has 0 aliphatic rings. The standard InChI is InChI=1S/C22H32N4O3S/c1-18(16-29-17-20-8-6-5-7-9-20)14-24-22(23-2)25-15-19-10-12-21(13-11-19)30(27,28)26(3)4/h5-13,18H,14-17H2,1-4H3,(H2,23,24,25). The van der Waals surface area contributed by atoms with Gasteiger partial charge < -0.3 is 15.4 Å². The molecular weight excluding hydrogens is 400 g/mol. The maximum absolute atomic E-state index is 12.1. The molecule has 2 aromatic carbocycles. The highest BCUT2D eigenvalue weighted by Crippen LogP contribution is 2.13. The summed E-state index contributed by atoms with van der Waals surface area (Å²) in [6, 6.07) is 17.0. The quantitative estimate of drug-likeness (QED) is 0.445. The third kappa shape index (κ3) is 7.44. The molecule has 0 aliphatic carbocycles. The summed E-state index contributed by atoms with van der Waals surface area (Å²) in [4.78, 5) is 4.51. The van der Waals surface area contributed by atoms with Crippen LogP contribution in [0.2, 0.25) is 0 Å². The van der Waals surface area contributed by atoms with Crippen LogP contribution in [0.5, 0.6) is 0 Å². The van der Waals surface area contributed by atoms with Gasteiger partial charge in [0.25, 0.3) is 0 Å². The zero-order valence-electron chi connectivity index (χ0n) is 18.1. The van der Waals surface area contributed by atoms with E-state index in [-0.39, 0.29) is 4.90 Å². The first-order chi connectivity index (χ1) is 14.3. The summed E-state index contributed by atoms with van der Waals surface area (Å²) in [6.45, 7) is 4.66. The van der Waals surface area contributed by atoms with Crippen molar-refractivity contribution in [3.63, 3.8) is 0 Å². The van der Waals surface area contributed by atoms with E-state index in [0.717, 1.165) is 12.1 Å². The molecule has 164 valence electrons. The lowest BCUT2D eigenvalue weighted by Gasteiger charge is -2.16. The number of sulfonamides is 1. The molecule has 0 fully saturated rings. The lowest BCUT2D eigenvalue weighted by molar-refractivity contribution is 0.0931. The van der Waals surface area contributed by atoms with Crippen molar-refractivity contribution in [2.45, 2.75) is 25.0 Å². The van der Waals surface area contributed by atoms with Crippen LogP contribution in [0.4, 0.5) is 0 Å². The number of guanidine groups is 1. The van der Waals surface area contributed by atoms with Gasteiger partial charge in [-0.2, -0.15) is 0 Å². The van der Waals surface area contributed by atoms with Crippen molar-refractivity contribution in [2.24, 2.45) is 10.9 Å². The van der Waals surface area contributed by atoms with Crippen LogP contribution in [0.1, 0.15) is 18.1 Å². The molecule has 0 aromatic heterocycles. The summed E-state index contributed by atoms with van der Waals surface area (Å²) in [5, 5.41) is 6.54. The highest BCUT2D eigenvalue weighted by molar-refractivity contribution is 7.89. The van der Waals surface area contributed by atoms with Gasteiger partial charge in [0.15, 0.2) is 5.96 Å². The zero-order valence-corrected chi connectivity index (χ0v) is 18.9. The second-order valence-corrected chi connectivity index (χ2v) is 9.50. The minimum Gasteiger partial charge on any atom is -0.376 e. The van der Waals surface area contributed by atoms with Gasteiger partial charge in [-0.3, -0.25) is 4.99 Å². The van der Waals surface area contributed by atoms with Crippen molar-refractivity contribution in [1.82, 2.24) is 14.9 Å². The molecule has 2 N–H and O–H groups in total. The maximum Gasteiger partial charge on any atom is 0.242 e. The first-order valence-corrected chi connectivity index (χ1v) is 11.3. The number of nitrogens with one attached hydrogen (secondary N) is 2. The van der Waals surface area contributed by atoms with Crippen LogP contribution < -0.4 is 10.6 Å². The van der Waals surface area contributed by atoms with E-state index in [0.29, 0.717) is 31.6 Å². The number of nitrogens with zero attached hydrogens (tertiary/aromatic N) is 2. The van der Waals surface area contributed by atoms with Gasteiger partial charge in [0.1, 0.15) is 0 Å². The molecular formula is C22H32N4O3S. The van der Waals surface area contributed by atoms with Gasteiger partial charge in [-0.15, -0.1) is 0 Å². The number of benzene rings is 2. The molecule has 7 nitrogen and oxygen atoms in total. The van der Waals surface area contributed by atoms with Gasteiger partial charge in [-0.05, 0) is 29.2 Å². The second-order valence-electron chi connectivity index (χ2n) is 7.34. The van der Waals surface area contributed by atoms with Crippen LogP contribution in [0.25, 0.3) is 0 Å². The molecule has 0 saturated heterocycles. The van der Waals surface area contributed by atoms with Gasteiger partial charge in [0.05, 0.1) is 18.1 Å². The minimum atomic E-state index is -3.41. The molecule has 1 unspecified atom stereocenters. The van der Waals surface area contributed by atoms with Crippen molar-refractivity contribution in [3.8, 4) is 0 Å². The molecule has 0 bridgehead atoms. The molecule has 0 aliphatic heterocycles. The predicted octanol–water partition coefficient (Wildman–Crippen LogP) is 2.45. The van der Waals surface area contributed by atoms with Gasteiger partial charge in [0.2, 0.25) is 10.0 Å². The first kappa shape index (κ1) is 23.9. The van der Waals surface area contributed by atoms with Gasteiger partial charge in [-0.1, -0.05) is 49.4 Å². The fourth-order valence-corrected chi connectivity index (χ4v) is 3.58. The fraction of sp³-hybridized carbons (Fsp3) is 0.409. The fourth-order valence-electron chi connectivity index (χ4n) is 2.68. The van der Waals surface area contributed by atoms with Crippen molar-refractivity contribution >= 4 is 16.0 Å². The molecule has 1 atom stereocenters. The third-order valence-corrected chi connectivity index (χ3v) is 6.35. The zero-order chi connectivity index (χ0) is 22.0. The molecule has 2 aromatic rings. The number of aliphatic imine (C=N–C) groups is 1. The SMILES string of the molecule is CN=C(NCc1ccc(S(=O)(=O)N(C)C)cc1)NCC(C)COCc1ccccc1. The Labute approximate surface area is 180 Å². The molecule has 8 heteroatoms. The molecule has 0 radical (unpaired) electrons. The van der Waals surface area contributed by atoms with Crippen LogP contribution in [-0.2, 0) is 27.9 Å². The molecule has 0 heterocycles. The summed E-state index contributed by atoms with van der Waals surface area (Å²) in [6.07, 6.45) is 0. The molecule has 2 rings (SSSR count). The Hall–Kier alpha value is -2.42. The van der Waals surface area contributed by atoms with E-state index in [1.165, 1.54) is 24.0 Å². The Morgan fingerprint density at radius 1 is 1.03 bits per heavy atom. The van der Waals surface area contributed by atoms with E-state index >= 15 is 0 Å². The predicted molar refractivity (Wildman–Crippen MR) is 121 cm³/mol. The molecule has 0 amide bonds. The first-order valence-electron chi connectivity index (χ1n) is 9.90. The van der Waals surface area contributed by atoms with Crippen molar-refractivity contribution in [2.75, 3.05) is 34.3 Å². The minimum absolute atomic E-state index is 0.281. The van der Waals surface area contributed by atoms with Crippen LogP contribution in [-0.4, -0.2) is 53.0 Å². The highest BCUT2D eigenvalue weighted by atomic mass is 32.2. The van der Waals surface area contributed by atoms with Crippen molar-refractivity contribution in [3.05, 3.63) is 65.7 Å². The number of rotatable bonds is 10. The van der Waals surface area contributed by atoms with Gasteiger partial charge in [0, 0.05) is 34.2 Å². The number of hydrogen-bond donors (Lipinski definition) is 2. The van der Waals surface area contributed by atoms with Crippen molar-refractivity contribution in [1.29, 1.82) is 0 Å². The van der Waals surface area contributed by atoms with E-state index in [1.54, 1.807) is 31.3 Å². The summed E-state index contributed by atoms with van der Waals surface area (Å²) in [5.41, 5.74) is 2.13. The summed E-state index contributed by atoms with van der Waals surface area (Å²) in [7, 11) is 1.36. The topological polar surface area (TPSA) is 83.0 Å². The van der Waals surface area contributed by atoms with E-state index < -0.39 is 10.0 Å². The Bertz CT molecular complexity index is 898. The van der Waals surface area contributed by atoms with Crippen LogP contribution in [0, 0.1) is 5.92 Å². The second kappa shape index (κ2) is 11.7. The van der Waals surface area contributed by atoms with Gasteiger partial charge in [-0.25, -0.2) is 12.7 Å². The molecule has 0 spiro atoms. The van der Waals surface area contributed by atoms with Gasteiger partial charge >= 0.3 is 0 Å². The lowest BCUT2D eigenvalue weighted by atomic mass is 10.2. The average Bonchev–Trinajstić information content (AvgIpc) is 2.75. The lowest BCUT2D eigenvalue weighted by Crippen LogP contribution is -2.39.